The second-order valence-electron chi connectivity index (χ2n) is 6.50. The van der Waals surface area contributed by atoms with Gasteiger partial charge in [0.1, 0.15) is 5.82 Å². The monoisotopic (exact) mass is 323 g/mol. The van der Waals surface area contributed by atoms with E-state index in [1.54, 1.807) is 4.68 Å². The topological polar surface area (TPSA) is 56.0 Å². The number of hydrogen-bond acceptors (Lipinski definition) is 3. The summed E-state index contributed by atoms with van der Waals surface area (Å²) >= 11 is 0. The van der Waals surface area contributed by atoms with Crippen LogP contribution in [0.2, 0.25) is 0 Å². The van der Waals surface area contributed by atoms with E-state index in [-0.39, 0.29) is 5.91 Å². The molecule has 24 heavy (non-hydrogen) atoms. The molecular weight excluding hydrogens is 302 g/mol. The number of aromatic nitrogens is 4. The molecule has 0 N–H and O–H groups in total. The molecule has 124 valence electrons. The second-order valence-corrected chi connectivity index (χ2v) is 6.50. The van der Waals surface area contributed by atoms with Crippen LogP contribution in [0.4, 0.5) is 0 Å². The molecule has 0 bridgehead atoms. The Morgan fingerprint density at radius 2 is 2.04 bits per heavy atom. The van der Waals surface area contributed by atoms with Crippen molar-refractivity contribution in [3.63, 3.8) is 0 Å². The Bertz CT molecular complexity index is 903. The molecule has 1 unspecified atom stereocenters. The van der Waals surface area contributed by atoms with Gasteiger partial charge in [0.15, 0.2) is 5.69 Å². The fourth-order valence-electron chi connectivity index (χ4n) is 3.78. The first kappa shape index (κ1) is 14.9. The maximum absolute atomic E-state index is 13.0. The van der Waals surface area contributed by atoms with Crippen molar-refractivity contribution < 1.29 is 4.79 Å². The Labute approximate surface area is 140 Å². The number of rotatable bonds is 2. The van der Waals surface area contributed by atoms with E-state index >= 15 is 0 Å². The van der Waals surface area contributed by atoms with E-state index in [9.17, 15) is 4.79 Å². The van der Waals surface area contributed by atoms with Crippen LogP contribution in [0.15, 0.2) is 30.5 Å². The van der Waals surface area contributed by atoms with Crippen LogP contribution in [-0.4, -0.2) is 43.2 Å². The highest BCUT2D eigenvalue weighted by Gasteiger charge is 2.31. The highest BCUT2D eigenvalue weighted by molar-refractivity contribution is 6.04. The first-order chi connectivity index (χ1) is 11.6. The molecule has 2 aromatic heterocycles. The van der Waals surface area contributed by atoms with Crippen LogP contribution in [0.25, 0.3) is 10.9 Å². The average molecular weight is 323 g/mol. The van der Waals surface area contributed by atoms with Crippen molar-refractivity contribution in [2.24, 2.45) is 7.05 Å². The number of likely N-dealkylation sites (tertiary alicyclic amines) is 1. The number of benzene rings is 1. The average Bonchev–Trinajstić information content (AvgIpc) is 3.26. The molecule has 6 nitrogen and oxygen atoms in total. The fraction of sp³-hybridized carbons (Fsp3) is 0.389. The zero-order valence-corrected chi connectivity index (χ0v) is 14.2. The van der Waals surface area contributed by atoms with Gasteiger partial charge in [-0.2, -0.15) is 5.10 Å². The van der Waals surface area contributed by atoms with Crippen LogP contribution in [0, 0.1) is 13.8 Å². The Hall–Kier alpha value is -2.63. The van der Waals surface area contributed by atoms with Gasteiger partial charge in [-0.25, -0.2) is 4.98 Å². The van der Waals surface area contributed by atoms with Gasteiger partial charge in [-0.15, -0.1) is 0 Å². The number of imidazole rings is 1. The summed E-state index contributed by atoms with van der Waals surface area (Å²) in [6.45, 7) is 5.55. The minimum atomic E-state index is 0.0183. The SMILES string of the molecule is Cc1cnc(C)n1C1CCN(C(=O)c2nn(C)c3ccccc23)C1. The standard InChI is InChI=1S/C18H21N5O/c1-12-10-19-13(2)23(12)14-8-9-22(11-14)18(24)17-15-6-4-5-7-16(15)21(3)20-17/h4-7,10,14H,8-9,11H2,1-3H3. The predicted molar refractivity (Wildman–Crippen MR) is 92.0 cm³/mol. The van der Waals surface area contributed by atoms with Crippen LogP contribution in [0.5, 0.6) is 0 Å². The molecule has 0 radical (unpaired) electrons. The summed E-state index contributed by atoms with van der Waals surface area (Å²) in [5, 5.41) is 5.38. The zero-order valence-electron chi connectivity index (χ0n) is 14.2. The normalized spacial score (nSPS) is 17.8. The van der Waals surface area contributed by atoms with Gasteiger partial charge in [0, 0.05) is 37.4 Å². The molecule has 6 heteroatoms. The molecule has 3 aromatic rings. The zero-order chi connectivity index (χ0) is 16.8. The number of fused-ring (bicyclic) bond motifs is 1. The lowest BCUT2D eigenvalue weighted by Gasteiger charge is -2.18. The van der Waals surface area contributed by atoms with Crippen molar-refractivity contribution >= 4 is 16.8 Å². The Kier molecular flexibility index (Phi) is 3.40. The Balaban J connectivity index is 1.62. The fourth-order valence-corrected chi connectivity index (χ4v) is 3.78. The first-order valence-corrected chi connectivity index (χ1v) is 8.27. The van der Waals surface area contributed by atoms with Crippen LogP contribution < -0.4 is 0 Å². The molecule has 0 aliphatic carbocycles. The third kappa shape index (κ3) is 2.21. The summed E-state index contributed by atoms with van der Waals surface area (Å²) in [5.74, 6) is 1.03. The van der Waals surface area contributed by atoms with Crippen molar-refractivity contribution in [1.82, 2.24) is 24.2 Å². The van der Waals surface area contributed by atoms with E-state index in [0.29, 0.717) is 18.3 Å². The van der Waals surface area contributed by atoms with Gasteiger partial charge in [-0.1, -0.05) is 18.2 Å². The second kappa shape index (κ2) is 5.47. The van der Waals surface area contributed by atoms with Crippen molar-refractivity contribution in [3.05, 3.63) is 47.7 Å². The summed E-state index contributed by atoms with van der Waals surface area (Å²) in [6, 6.07) is 8.17. The lowest BCUT2D eigenvalue weighted by Crippen LogP contribution is -2.30. The molecule has 1 amide bonds. The predicted octanol–water partition coefficient (Wildman–Crippen LogP) is 2.47. The van der Waals surface area contributed by atoms with Crippen molar-refractivity contribution in [2.75, 3.05) is 13.1 Å². The Morgan fingerprint density at radius 3 is 2.79 bits per heavy atom. The maximum atomic E-state index is 13.0. The smallest absolute Gasteiger partial charge is 0.275 e. The van der Waals surface area contributed by atoms with Gasteiger partial charge >= 0.3 is 0 Å². The lowest BCUT2D eigenvalue weighted by atomic mass is 10.2. The minimum absolute atomic E-state index is 0.0183. The van der Waals surface area contributed by atoms with E-state index in [4.69, 9.17) is 0 Å². The van der Waals surface area contributed by atoms with Gasteiger partial charge in [0.25, 0.3) is 5.91 Å². The van der Waals surface area contributed by atoms with E-state index < -0.39 is 0 Å². The van der Waals surface area contributed by atoms with Crippen LogP contribution in [0.1, 0.15) is 34.5 Å². The number of para-hydroxylation sites is 1. The van der Waals surface area contributed by atoms with Gasteiger partial charge in [-0.05, 0) is 26.3 Å². The number of aryl methyl sites for hydroxylation is 3. The highest BCUT2D eigenvalue weighted by atomic mass is 16.2. The maximum Gasteiger partial charge on any atom is 0.275 e. The molecule has 0 saturated carbocycles. The number of carbonyl (C=O) groups excluding carboxylic acids is 1. The van der Waals surface area contributed by atoms with E-state index in [1.807, 2.05) is 49.3 Å². The van der Waals surface area contributed by atoms with Crippen LogP contribution >= 0.6 is 0 Å². The molecule has 1 fully saturated rings. The molecule has 1 aliphatic heterocycles. The molecule has 1 aliphatic rings. The van der Waals surface area contributed by atoms with Gasteiger partial charge in [-0.3, -0.25) is 9.48 Å². The van der Waals surface area contributed by atoms with Crippen molar-refractivity contribution in [3.8, 4) is 0 Å². The van der Waals surface area contributed by atoms with Gasteiger partial charge in [0.05, 0.1) is 11.6 Å². The summed E-state index contributed by atoms with van der Waals surface area (Å²) in [6.07, 6.45) is 2.85. The molecule has 1 aromatic carbocycles. The molecular formula is C18H21N5O. The number of carbonyl (C=O) groups is 1. The molecule has 4 rings (SSSR count). The summed E-state index contributed by atoms with van der Waals surface area (Å²) in [7, 11) is 1.88. The summed E-state index contributed by atoms with van der Waals surface area (Å²) < 4.78 is 4.02. The largest absolute Gasteiger partial charge is 0.335 e. The molecule has 0 spiro atoms. The van der Waals surface area contributed by atoms with E-state index in [0.717, 1.165) is 35.4 Å². The number of hydrogen-bond donors (Lipinski definition) is 0. The first-order valence-electron chi connectivity index (χ1n) is 8.27. The quantitative estimate of drug-likeness (QED) is 0.728. The van der Waals surface area contributed by atoms with Gasteiger partial charge < -0.3 is 9.47 Å². The Morgan fingerprint density at radius 1 is 1.25 bits per heavy atom. The highest BCUT2D eigenvalue weighted by Crippen LogP contribution is 2.27. The van der Waals surface area contributed by atoms with E-state index in [2.05, 4.69) is 21.6 Å². The van der Waals surface area contributed by atoms with Crippen molar-refractivity contribution in [1.29, 1.82) is 0 Å². The van der Waals surface area contributed by atoms with Crippen LogP contribution in [0.3, 0.4) is 0 Å². The molecule has 3 heterocycles. The number of amides is 1. The number of nitrogens with zero attached hydrogens (tertiary/aromatic N) is 5. The molecule has 1 atom stereocenters. The molecule has 1 saturated heterocycles. The van der Waals surface area contributed by atoms with E-state index in [1.165, 1.54) is 0 Å². The van der Waals surface area contributed by atoms with Crippen molar-refractivity contribution in [2.45, 2.75) is 26.3 Å². The van der Waals surface area contributed by atoms with Gasteiger partial charge in [0.2, 0.25) is 0 Å². The summed E-state index contributed by atoms with van der Waals surface area (Å²) in [5.41, 5.74) is 2.68. The summed E-state index contributed by atoms with van der Waals surface area (Å²) in [4.78, 5) is 19.3. The lowest BCUT2D eigenvalue weighted by molar-refractivity contribution is 0.0782. The third-order valence-electron chi connectivity index (χ3n) is 4.94. The van der Waals surface area contributed by atoms with Crippen LogP contribution in [-0.2, 0) is 7.05 Å². The third-order valence-corrected chi connectivity index (χ3v) is 4.94. The minimum Gasteiger partial charge on any atom is -0.335 e.